The van der Waals surface area contributed by atoms with E-state index in [1.54, 1.807) is 0 Å². The lowest BCUT2D eigenvalue weighted by molar-refractivity contribution is 0.369. The van der Waals surface area contributed by atoms with Gasteiger partial charge in [-0.15, -0.1) is 0 Å². The Hall–Kier alpha value is -1.21. The van der Waals surface area contributed by atoms with E-state index in [1.807, 2.05) is 0 Å². The third-order valence-corrected chi connectivity index (χ3v) is 2.41. The molecule has 0 bridgehead atoms. The fourth-order valence-corrected chi connectivity index (χ4v) is 1.39. The minimum Gasteiger partial charge on any atom is -0.494 e. The van der Waals surface area contributed by atoms with Gasteiger partial charge in [-0.1, -0.05) is 0 Å². The summed E-state index contributed by atoms with van der Waals surface area (Å²) in [6.07, 6.45) is 0. The van der Waals surface area contributed by atoms with Gasteiger partial charge in [0.05, 0.1) is 12.0 Å². The number of methoxy groups -OCH3 is 1. The van der Waals surface area contributed by atoms with Crippen molar-refractivity contribution < 1.29 is 21.9 Å². The number of hydrogen-bond acceptors (Lipinski definition) is 3. The van der Waals surface area contributed by atoms with Crippen LogP contribution in [0.4, 0.5) is 8.78 Å². The number of primary sulfonamides is 1. The third kappa shape index (κ3) is 1.99. The molecular weight excluding hydrogens is 216 g/mol. The Morgan fingerprint density at radius 2 is 1.93 bits per heavy atom. The first-order valence-electron chi connectivity index (χ1n) is 3.42. The molecule has 0 amide bonds. The molecule has 7 heteroatoms. The van der Waals surface area contributed by atoms with Crippen LogP contribution in [0.15, 0.2) is 17.0 Å². The highest BCUT2D eigenvalue weighted by Crippen LogP contribution is 2.23. The van der Waals surface area contributed by atoms with Gasteiger partial charge in [-0.05, 0) is 6.07 Å². The Morgan fingerprint density at radius 1 is 1.36 bits per heavy atom. The van der Waals surface area contributed by atoms with E-state index in [-0.39, 0.29) is 0 Å². The first kappa shape index (κ1) is 10.9. The summed E-state index contributed by atoms with van der Waals surface area (Å²) >= 11 is 0. The van der Waals surface area contributed by atoms with Crippen LogP contribution in [-0.2, 0) is 10.0 Å². The zero-order chi connectivity index (χ0) is 10.9. The Kier molecular flexibility index (Phi) is 2.72. The summed E-state index contributed by atoms with van der Waals surface area (Å²) in [6.45, 7) is 0. The Labute approximate surface area is 79.3 Å². The average molecular weight is 223 g/mol. The minimum absolute atomic E-state index is 0.493. The lowest BCUT2D eigenvalue weighted by atomic mass is 10.3. The molecule has 0 spiro atoms. The molecule has 78 valence electrons. The highest BCUT2D eigenvalue weighted by molar-refractivity contribution is 7.89. The van der Waals surface area contributed by atoms with Gasteiger partial charge in [0.25, 0.3) is 0 Å². The first-order valence-corrected chi connectivity index (χ1v) is 4.96. The van der Waals surface area contributed by atoms with Crippen LogP contribution in [0.1, 0.15) is 0 Å². The van der Waals surface area contributed by atoms with Crippen molar-refractivity contribution in [1.82, 2.24) is 0 Å². The summed E-state index contributed by atoms with van der Waals surface area (Å²) in [5.41, 5.74) is 0. The number of hydrogen-bond donors (Lipinski definition) is 1. The smallest absolute Gasteiger partial charge is 0.238 e. The van der Waals surface area contributed by atoms with Crippen molar-refractivity contribution in [1.29, 1.82) is 0 Å². The molecule has 1 aromatic rings. The molecule has 1 aromatic carbocycles. The molecule has 0 fully saturated rings. The Balaban J connectivity index is 3.46. The van der Waals surface area contributed by atoms with Crippen LogP contribution in [-0.4, -0.2) is 15.5 Å². The number of ether oxygens (including phenoxy) is 1. The second kappa shape index (κ2) is 3.50. The Morgan fingerprint density at radius 3 is 2.36 bits per heavy atom. The van der Waals surface area contributed by atoms with Crippen molar-refractivity contribution in [3.05, 3.63) is 23.8 Å². The van der Waals surface area contributed by atoms with Gasteiger partial charge in [0.1, 0.15) is 0 Å². The van der Waals surface area contributed by atoms with Gasteiger partial charge in [-0.3, -0.25) is 0 Å². The number of sulfonamides is 1. The minimum atomic E-state index is -4.06. The van der Waals surface area contributed by atoms with Crippen molar-refractivity contribution in [2.45, 2.75) is 4.90 Å². The summed E-state index contributed by atoms with van der Waals surface area (Å²) in [7, 11) is -2.97. The quantitative estimate of drug-likeness (QED) is 0.799. The van der Waals surface area contributed by atoms with Gasteiger partial charge < -0.3 is 4.74 Å². The first-order chi connectivity index (χ1) is 6.36. The van der Waals surface area contributed by atoms with Crippen LogP contribution < -0.4 is 9.88 Å². The molecule has 0 saturated carbocycles. The third-order valence-electron chi connectivity index (χ3n) is 1.52. The van der Waals surface area contributed by atoms with Gasteiger partial charge in [-0.25, -0.2) is 17.9 Å². The molecule has 0 aliphatic carbocycles. The van der Waals surface area contributed by atoms with Crippen LogP contribution in [0.2, 0.25) is 0 Å². The lowest BCUT2D eigenvalue weighted by Gasteiger charge is -2.04. The zero-order valence-corrected chi connectivity index (χ0v) is 7.94. The highest BCUT2D eigenvalue weighted by Gasteiger charge is 2.16. The molecular formula is C7H7F2NO3S. The standard InChI is InChI=1S/C7H7F2NO3S/c1-13-6-3-4(14(10,11)12)2-5(8)7(6)9/h2-3H,1H3,(H2,10,11,12). The molecule has 4 nitrogen and oxygen atoms in total. The van der Waals surface area contributed by atoms with E-state index in [4.69, 9.17) is 5.14 Å². The predicted molar refractivity (Wildman–Crippen MR) is 44.3 cm³/mol. The molecule has 0 aliphatic heterocycles. The molecule has 0 radical (unpaired) electrons. The topological polar surface area (TPSA) is 69.4 Å². The average Bonchev–Trinajstić information content (AvgIpc) is 2.07. The van der Waals surface area contributed by atoms with E-state index in [2.05, 4.69) is 4.74 Å². The van der Waals surface area contributed by atoms with E-state index in [0.29, 0.717) is 6.07 Å². The van der Waals surface area contributed by atoms with Crippen LogP contribution in [0.3, 0.4) is 0 Å². The molecule has 0 aromatic heterocycles. The molecule has 2 N–H and O–H groups in total. The SMILES string of the molecule is COc1cc(S(N)(=O)=O)cc(F)c1F. The summed E-state index contributed by atoms with van der Waals surface area (Å²) in [6, 6.07) is 1.31. The summed E-state index contributed by atoms with van der Waals surface area (Å²) in [5, 5.41) is 4.73. The number of nitrogens with two attached hydrogens (primary N) is 1. The predicted octanol–water partition coefficient (Wildman–Crippen LogP) is 0.621. The number of benzene rings is 1. The van der Waals surface area contributed by atoms with Crippen molar-refractivity contribution in [3.63, 3.8) is 0 Å². The van der Waals surface area contributed by atoms with Gasteiger partial charge in [0.2, 0.25) is 15.8 Å². The largest absolute Gasteiger partial charge is 0.494 e. The summed E-state index contributed by atoms with van der Waals surface area (Å²) < 4.78 is 51.6. The van der Waals surface area contributed by atoms with E-state index in [0.717, 1.165) is 13.2 Å². The van der Waals surface area contributed by atoms with Crippen molar-refractivity contribution in [3.8, 4) is 5.75 Å². The second-order valence-electron chi connectivity index (χ2n) is 2.47. The highest BCUT2D eigenvalue weighted by atomic mass is 32.2. The second-order valence-corrected chi connectivity index (χ2v) is 4.03. The molecule has 0 unspecified atom stereocenters. The Bertz CT molecular complexity index is 458. The van der Waals surface area contributed by atoms with E-state index < -0.39 is 32.3 Å². The maximum Gasteiger partial charge on any atom is 0.238 e. The van der Waals surface area contributed by atoms with Crippen LogP contribution in [0.25, 0.3) is 0 Å². The summed E-state index contributed by atoms with van der Waals surface area (Å²) in [5.74, 6) is -3.08. The van der Waals surface area contributed by atoms with Crippen LogP contribution >= 0.6 is 0 Å². The van der Waals surface area contributed by atoms with Crippen molar-refractivity contribution >= 4 is 10.0 Å². The molecule has 0 saturated heterocycles. The van der Waals surface area contributed by atoms with Gasteiger partial charge in [0, 0.05) is 6.07 Å². The molecule has 0 heterocycles. The number of rotatable bonds is 2. The fourth-order valence-electron chi connectivity index (χ4n) is 0.853. The van der Waals surface area contributed by atoms with Crippen molar-refractivity contribution in [2.75, 3.05) is 7.11 Å². The van der Waals surface area contributed by atoms with E-state index in [9.17, 15) is 17.2 Å². The van der Waals surface area contributed by atoms with Crippen molar-refractivity contribution in [2.24, 2.45) is 5.14 Å². The molecule has 0 aliphatic rings. The molecule has 0 atom stereocenters. The maximum atomic E-state index is 12.8. The van der Waals surface area contributed by atoms with Gasteiger partial charge in [-0.2, -0.15) is 4.39 Å². The molecule has 1 rings (SSSR count). The molecule has 14 heavy (non-hydrogen) atoms. The van der Waals surface area contributed by atoms with Crippen LogP contribution in [0, 0.1) is 11.6 Å². The van der Waals surface area contributed by atoms with Crippen LogP contribution in [0.5, 0.6) is 5.75 Å². The monoisotopic (exact) mass is 223 g/mol. The summed E-state index contributed by atoms with van der Waals surface area (Å²) in [4.78, 5) is -0.534. The fraction of sp³-hybridized carbons (Fsp3) is 0.143. The van der Waals surface area contributed by atoms with Gasteiger partial charge in [0.15, 0.2) is 11.6 Å². The number of halogens is 2. The van der Waals surface area contributed by atoms with Gasteiger partial charge >= 0.3 is 0 Å². The van der Waals surface area contributed by atoms with E-state index >= 15 is 0 Å². The van der Waals surface area contributed by atoms with E-state index in [1.165, 1.54) is 0 Å². The normalized spacial score (nSPS) is 11.4. The lowest BCUT2D eigenvalue weighted by Crippen LogP contribution is -2.13. The maximum absolute atomic E-state index is 12.8. The zero-order valence-electron chi connectivity index (χ0n) is 7.12.